The molecule has 1 heterocycles. The van der Waals surface area contributed by atoms with Crippen molar-refractivity contribution in [3.63, 3.8) is 0 Å². The van der Waals surface area contributed by atoms with Gasteiger partial charge in [-0.1, -0.05) is 0 Å². The molecular formula is C11H20N2O4. The topological polar surface area (TPSA) is 90.7 Å². The molecule has 17 heavy (non-hydrogen) atoms. The number of amides is 1. The summed E-state index contributed by atoms with van der Waals surface area (Å²) in [6.07, 6.45) is 0.909. The normalized spacial score (nSPS) is 19.5. The number of hydrogen-bond donors (Lipinski definition) is 2. The molecule has 0 radical (unpaired) electrons. The van der Waals surface area contributed by atoms with Crippen LogP contribution < -0.4 is 11.1 Å². The van der Waals surface area contributed by atoms with E-state index in [-0.39, 0.29) is 5.91 Å². The van der Waals surface area contributed by atoms with Crippen molar-refractivity contribution in [2.24, 2.45) is 5.73 Å². The lowest BCUT2D eigenvalue weighted by Crippen LogP contribution is -2.62. The van der Waals surface area contributed by atoms with E-state index < -0.39 is 17.0 Å². The van der Waals surface area contributed by atoms with Crippen molar-refractivity contribution in [2.75, 3.05) is 20.3 Å². The molecule has 1 aliphatic heterocycles. The lowest BCUT2D eigenvalue weighted by Gasteiger charge is -2.35. The fourth-order valence-electron chi connectivity index (χ4n) is 1.68. The lowest BCUT2D eigenvalue weighted by atomic mass is 9.89. The van der Waals surface area contributed by atoms with Gasteiger partial charge in [0.15, 0.2) is 0 Å². The van der Waals surface area contributed by atoms with Crippen molar-refractivity contribution >= 4 is 11.9 Å². The third-order valence-corrected chi connectivity index (χ3v) is 2.96. The fourth-order valence-corrected chi connectivity index (χ4v) is 1.68. The maximum atomic E-state index is 12.1. The Morgan fingerprint density at radius 2 is 1.88 bits per heavy atom. The summed E-state index contributed by atoms with van der Waals surface area (Å²) in [5.41, 5.74) is 3.98. The van der Waals surface area contributed by atoms with Crippen molar-refractivity contribution in [2.45, 2.75) is 37.8 Å². The Hall–Kier alpha value is -1.14. The van der Waals surface area contributed by atoms with E-state index in [1.54, 1.807) is 13.8 Å². The quantitative estimate of drug-likeness (QED) is 0.657. The van der Waals surface area contributed by atoms with Gasteiger partial charge in [-0.3, -0.25) is 4.79 Å². The molecule has 1 saturated heterocycles. The van der Waals surface area contributed by atoms with E-state index in [1.165, 1.54) is 7.11 Å². The molecule has 0 saturated carbocycles. The molecule has 0 atom stereocenters. The van der Waals surface area contributed by atoms with Gasteiger partial charge in [-0.15, -0.1) is 0 Å². The maximum Gasteiger partial charge on any atom is 0.330 e. The molecule has 1 amide bonds. The SMILES string of the molecule is COC(=O)C(C)(C)NC(=O)C1(N)CCOCC1. The Morgan fingerprint density at radius 3 is 2.35 bits per heavy atom. The van der Waals surface area contributed by atoms with Gasteiger partial charge in [0.05, 0.1) is 12.6 Å². The number of carbonyl (C=O) groups is 2. The first-order valence-electron chi connectivity index (χ1n) is 5.59. The van der Waals surface area contributed by atoms with Crippen molar-refractivity contribution in [1.82, 2.24) is 5.32 Å². The zero-order valence-electron chi connectivity index (χ0n) is 10.5. The van der Waals surface area contributed by atoms with Gasteiger partial charge >= 0.3 is 5.97 Å². The van der Waals surface area contributed by atoms with Crippen LogP contribution in [0.4, 0.5) is 0 Å². The molecule has 6 heteroatoms. The predicted octanol–water partition coefficient (Wildman–Crippen LogP) is -0.438. The minimum atomic E-state index is -1.07. The highest BCUT2D eigenvalue weighted by molar-refractivity contribution is 5.92. The number of rotatable bonds is 3. The van der Waals surface area contributed by atoms with E-state index in [0.29, 0.717) is 26.1 Å². The first kappa shape index (κ1) is 13.9. The highest BCUT2D eigenvalue weighted by Gasteiger charge is 2.40. The van der Waals surface area contributed by atoms with Gasteiger partial charge in [0.2, 0.25) is 5.91 Å². The molecule has 98 valence electrons. The molecule has 1 fully saturated rings. The zero-order chi connectivity index (χ0) is 13.1. The molecular weight excluding hydrogens is 224 g/mol. The Morgan fingerprint density at radius 1 is 1.35 bits per heavy atom. The lowest BCUT2D eigenvalue weighted by molar-refractivity contribution is -0.150. The van der Waals surface area contributed by atoms with Crippen LogP contribution in [0.3, 0.4) is 0 Å². The van der Waals surface area contributed by atoms with Gasteiger partial charge in [0.25, 0.3) is 0 Å². The van der Waals surface area contributed by atoms with E-state index in [0.717, 1.165) is 0 Å². The third kappa shape index (κ3) is 3.17. The second kappa shape index (κ2) is 5.01. The Labute approximate surface area is 101 Å². The number of nitrogens with one attached hydrogen (secondary N) is 1. The van der Waals surface area contributed by atoms with Gasteiger partial charge in [-0.25, -0.2) is 4.79 Å². The number of esters is 1. The molecule has 1 aliphatic rings. The summed E-state index contributed by atoms with van der Waals surface area (Å²) in [6, 6.07) is 0. The van der Waals surface area contributed by atoms with Crippen LogP contribution in [0.25, 0.3) is 0 Å². The number of ether oxygens (including phenoxy) is 2. The molecule has 0 aromatic carbocycles. The molecule has 0 bridgehead atoms. The maximum absolute atomic E-state index is 12.1. The molecule has 0 spiro atoms. The van der Waals surface area contributed by atoms with Crippen molar-refractivity contribution in [3.8, 4) is 0 Å². The number of carbonyl (C=O) groups excluding carboxylic acids is 2. The molecule has 1 rings (SSSR count). The summed E-state index contributed by atoms with van der Waals surface area (Å²) in [7, 11) is 1.28. The van der Waals surface area contributed by atoms with Gasteiger partial charge in [-0.2, -0.15) is 0 Å². The molecule has 0 aliphatic carbocycles. The predicted molar refractivity (Wildman–Crippen MR) is 61.2 cm³/mol. The Kier molecular flexibility index (Phi) is 4.11. The van der Waals surface area contributed by atoms with Crippen LogP contribution in [0.5, 0.6) is 0 Å². The van der Waals surface area contributed by atoms with Gasteiger partial charge in [0.1, 0.15) is 5.54 Å². The minimum absolute atomic E-state index is 0.337. The van der Waals surface area contributed by atoms with E-state index >= 15 is 0 Å². The van der Waals surface area contributed by atoms with Crippen LogP contribution in [0.15, 0.2) is 0 Å². The van der Waals surface area contributed by atoms with E-state index in [4.69, 9.17) is 10.5 Å². The highest BCUT2D eigenvalue weighted by Crippen LogP contribution is 2.19. The van der Waals surface area contributed by atoms with E-state index in [9.17, 15) is 9.59 Å². The zero-order valence-corrected chi connectivity index (χ0v) is 10.5. The molecule has 6 nitrogen and oxygen atoms in total. The standard InChI is InChI=1S/C11H20N2O4/c1-10(2,9(15)16-3)13-8(14)11(12)4-6-17-7-5-11/h4-7,12H2,1-3H3,(H,13,14). The molecule has 0 aromatic rings. The smallest absolute Gasteiger partial charge is 0.330 e. The monoisotopic (exact) mass is 244 g/mol. The van der Waals surface area contributed by atoms with E-state index in [2.05, 4.69) is 10.1 Å². The minimum Gasteiger partial charge on any atom is -0.467 e. The molecule has 3 N–H and O–H groups in total. The van der Waals surface area contributed by atoms with Crippen LogP contribution in [-0.4, -0.2) is 43.3 Å². The largest absolute Gasteiger partial charge is 0.467 e. The van der Waals surface area contributed by atoms with Crippen LogP contribution in [-0.2, 0) is 19.1 Å². The van der Waals surface area contributed by atoms with Gasteiger partial charge in [-0.05, 0) is 26.7 Å². The summed E-state index contributed by atoms with van der Waals surface area (Å²) >= 11 is 0. The van der Waals surface area contributed by atoms with Crippen LogP contribution in [0.1, 0.15) is 26.7 Å². The van der Waals surface area contributed by atoms with Crippen LogP contribution in [0, 0.1) is 0 Å². The summed E-state index contributed by atoms with van der Waals surface area (Å²) in [5.74, 6) is -0.835. The first-order chi connectivity index (χ1) is 7.82. The van der Waals surface area contributed by atoms with Crippen LogP contribution >= 0.6 is 0 Å². The number of nitrogens with two attached hydrogens (primary N) is 1. The van der Waals surface area contributed by atoms with Crippen molar-refractivity contribution < 1.29 is 19.1 Å². The second-order valence-corrected chi connectivity index (χ2v) is 4.84. The van der Waals surface area contributed by atoms with Gasteiger partial charge in [0, 0.05) is 13.2 Å². The second-order valence-electron chi connectivity index (χ2n) is 4.84. The Bertz CT molecular complexity index is 309. The summed E-state index contributed by atoms with van der Waals surface area (Å²) < 4.78 is 9.78. The van der Waals surface area contributed by atoms with Crippen LogP contribution in [0.2, 0.25) is 0 Å². The first-order valence-corrected chi connectivity index (χ1v) is 5.59. The average molecular weight is 244 g/mol. The van der Waals surface area contributed by atoms with Crippen molar-refractivity contribution in [1.29, 1.82) is 0 Å². The Balaban J connectivity index is 2.68. The number of hydrogen-bond acceptors (Lipinski definition) is 5. The third-order valence-electron chi connectivity index (χ3n) is 2.96. The summed E-state index contributed by atoms with van der Waals surface area (Å²) in [6.45, 7) is 4.09. The summed E-state index contributed by atoms with van der Waals surface area (Å²) in [5, 5.41) is 2.62. The average Bonchev–Trinajstić information content (AvgIpc) is 2.28. The van der Waals surface area contributed by atoms with Crippen molar-refractivity contribution in [3.05, 3.63) is 0 Å². The fraction of sp³-hybridized carbons (Fsp3) is 0.818. The van der Waals surface area contributed by atoms with E-state index in [1.807, 2.05) is 0 Å². The molecule has 0 aromatic heterocycles. The molecule has 0 unspecified atom stereocenters. The highest BCUT2D eigenvalue weighted by atomic mass is 16.5. The number of methoxy groups -OCH3 is 1. The van der Waals surface area contributed by atoms with Gasteiger partial charge < -0.3 is 20.5 Å². The summed E-state index contributed by atoms with van der Waals surface area (Å²) in [4.78, 5) is 23.5.